The second-order valence-electron chi connectivity index (χ2n) is 6.30. The molecular weight excluding hydrogens is 304 g/mol. The van der Waals surface area contributed by atoms with E-state index in [1.54, 1.807) is 0 Å². The summed E-state index contributed by atoms with van der Waals surface area (Å²) in [6, 6.07) is 12.0. The smallest absolute Gasteiger partial charge is 0.320 e. The molecule has 1 aromatic heterocycles. The summed E-state index contributed by atoms with van der Waals surface area (Å²) in [7, 11) is 0. The average molecular weight is 328 g/mol. The van der Waals surface area contributed by atoms with Crippen molar-refractivity contribution in [1.29, 1.82) is 0 Å². The Balaban J connectivity index is 1.74. The molecule has 0 aliphatic carbocycles. The maximum atomic E-state index is 12.3. The summed E-state index contributed by atoms with van der Waals surface area (Å²) in [5.74, 6) is 0.702. The molecule has 1 aliphatic rings. The fraction of sp³-hybridized carbons (Fsp3) is 0.444. The molecule has 0 bridgehead atoms. The Labute approximate surface area is 142 Å². The van der Waals surface area contributed by atoms with Gasteiger partial charge in [-0.05, 0) is 26.7 Å². The zero-order valence-corrected chi connectivity index (χ0v) is 14.2. The summed E-state index contributed by atoms with van der Waals surface area (Å²) in [5, 5.41) is 10.6. The van der Waals surface area contributed by atoms with Crippen LogP contribution in [0, 0.1) is 0 Å². The highest BCUT2D eigenvalue weighted by Crippen LogP contribution is 2.24. The van der Waals surface area contributed by atoms with E-state index in [4.69, 9.17) is 4.74 Å². The molecule has 1 aliphatic heterocycles. The van der Waals surface area contributed by atoms with Gasteiger partial charge in [0.2, 0.25) is 0 Å². The topological polar surface area (TPSA) is 68.2 Å². The van der Waals surface area contributed by atoms with E-state index in [-0.39, 0.29) is 18.1 Å². The highest BCUT2D eigenvalue weighted by atomic mass is 16.5. The van der Waals surface area contributed by atoms with Crippen molar-refractivity contribution in [2.75, 3.05) is 18.5 Å². The molecule has 2 amide bonds. The number of hydrogen-bond acceptors (Lipinski definition) is 3. The van der Waals surface area contributed by atoms with Crippen molar-refractivity contribution in [3.63, 3.8) is 0 Å². The fourth-order valence-electron chi connectivity index (χ4n) is 2.81. The van der Waals surface area contributed by atoms with Crippen molar-refractivity contribution in [2.24, 2.45) is 0 Å². The predicted molar refractivity (Wildman–Crippen MR) is 94.0 cm³/mol. The van der Waals surface area contributed by atoms with Crippen molar-refractivity contribution >= 4 is 11.8 Å². The second-order valence-corrected chi connectivity index (χ2v) is 6.30. The van der Waals surface area contributed by atoms with E-state index in [0.29, 0.717) is 19.0 Å². The number of amides is 2. The number of rotatable bonds is 4. The Bertz CT molecular complexity index is 676. The van der Waals surface area contributed by atoms with Crippen molar-refractivity contribution in [3.8, 4) is 11.3 Å². The maximum absolute atomic E-state index is 12.3. The van der Waals surface area contributed by atoms with Gasteiger partial charge in [0.05, 0.1) is 5.69 Å². The van der Waals surface area contributed by atoms with Crippen molar-refractivity contribution < 1.29 is 9.53 Å². The van der Waals surface area contributed by atoms with Gasteiger partial charge in [-0.3, -0.25) is 5.32 Å². The molecule has 0 radical (unpaired) electrons. The van der Waals surface area contributed by atoms with Gasteiger partial charge in [0.15, 0.2) is 0 Å². The normalized spacial score (nSPS) is 15.5. The molecule has 128 valence electrons. The SMILES string of the molecule is CC(C)n1nc(-c2ccccc2)cc1NC(=O)NC1CCOCC1. The molecule has 6 nitrogen and oxygen atoms in total. The molecule has 1 fully saturated rings. The Hall–Kier alpha value is -2.34. The Morgan fingerprint density at radius 2 is 1.96 bits per heavy atom. The fourth-order valence-corrected chi connectivity index (χ4v) is 2.81. The van der Waals surface area contributed by atoms with Crippen molar-refractivity contribution in [3.05, 3.63) is 36.4 Å². The van der Waals surface area contributed by atoms with Crippen LogP contribution in [0.5, 0.6) is 0 Å². The van der Waals surface area contributed by atoms with Crippen LogP contribution in [0.3, 0.4) is 0 Å². The first kappa shape index (κ1) is 16.5. The Kier molecular flexibility index (Phi) is 5.15. The van der Waals surface area contributed by atoms with Crippen LogP contribution >= 0.6 is 0 Å². The maximum Gasteiger partial charge on any atom is 0.320 e. The molecular formula is C18H24N4O2. The monoisotopic (exact) mass is 328 g/mol. The van der Waals surface area contributed by atoms with Crippen LogP contribution in [0.15, 0.2) is 36.4 Å². The van der Waals surface area contributed by atoms with Gasteiger partial charge in [-0.25, -0.2) is 9.48 Å². The molecule has 0 spiro atoms. The third-order valence-electron chi connectivity index (χ3n) is 4.09. The number of ether oxygens (including phenoxy) is 1. The predicted octanol–water partition coefficient (Wildman–Crippen LogP) is 3.43. The lowest BCUT2D eigenvalue weighted by Crippen LogP contribution is -2.41. The minimum atomic E-state index is -0.191. The lowest BCUT2D eigenvalue weighted by Gasteiger charge is -2.23. The van der Waals surface area contributed by atoms with Gasteiger partial charge in [0.25, 0.3) is 0 Å². The van der Waals surface area contributed by atoms with E-state index in [1.165, 1.54) is 0 Å². The first-order valence-corrected chi connectivity index (χ1v) is 8.43. The van der Waals surface area contributed by atoms with E-state index in [9.17, 15) is 4.79 Å². The number of anilines is 1. The van der Waals surface area contributed by atoms with Crippen LogP contribution in [0.4, 0.5) is 10.6 Å². The first-order chi connectivity index (χ1) is 11.6. The van der Waals surface area contributed by atoms with E-state index in [0.717, 1.165) is 24.1 Å². The van der Waals surface area contributed by atoms with Crippen LogP contribution in [0.1, 0.15) is 32.7 Å². The number of hydrogen-bond donors (Lipinski definition) is 2. The molecule has 3 rings (SSSR count). The third-order valence-corrected chi connectivity index (χ3v) is 4.09. The lowest BCUT2D eigenvalue weighted by molar-refractivity contribution is 0.0806. The van der Waals surface area contributed by atoms with E-state index >= 15 is 0 Å². The van der Waals surface area contributed by atoms with Crippen molar-refractivity contribution in [1.82, 2.24) is 15.1 Å². The minimum Gasteiger partial charge on any atom is -0.381 e. The van der Waals surface area contributed by atoms with Gasteiger partial charge in [0.1, 0.15) is 5.82 Å². The molecule has 2 N–H and O–H groups in total. The summed E-state index contributed by atoms with van der Waals surface area (Å²) in [5.41, 5.74) is 1.88. The number of urea groups is 1. The van der Waals surface area contributed by atoms with Crippen LogP contribution in [0.25, 0.3) is 11.3 Å². The zero-order chi connectivity index (χ0) is 16.9. The molecule has 0 saturated carbocycles. The first-order valence-electron chi connectivity index (χ1n) is 8.43. The molecule has 2 heterocycles. The Morgan fingerprint density at radius 1 is 1.25 bits per heavy atom. The van der Waals surface area contributed by atoms with Gasteiger partial charge in [0, 0.05) is 36.9 Å². The number of carbonyl (C=O) groups is 1. The molecule has 1 saturated heterocycles. The number of carbonyl (C=O) groups excluding carboxylic acids is 1. The molecule has 0 unspecified atom stereocenters. The van der Waals surface area contributed by atoms with E-state index < -0.39 is 0 Å². The van der Waals surface area contributed by atoms with Crippen LogP contribution in [-0.4, -0.2) is 35.1 Å². The van der Waals surface area contributed by atoms with Crippen molar-refractivity contribution in [2.45, 2.75) is 38.8 Å². The van der Waals surface area contributed by atoms with Gasteiger partial charge in [-0.1, -0.05) is 30.3 Å². The summed E-state index contributed by atoms with van der Waals surface area (Å²) in [6.07, 6.45) is 1.71. The summed E-state index contributed by atoms with van der Waals surface area (Å²) < 4.78 is 7.16. The van der Waals surface area contributed by atoms with Gasteiger partial charge in [-0.2, -0.15) is 5.10 Å². The Morgan fingerprint density at radius 3 is 2.62 bits per heavy atom. The highest BCUT2D eigenvalue weighted by Gasteiger charge is 2.18. The summed E-state index contributed by atoms with van der Waals surface area (Å²) in [6.45, 7) is 5.49. The molecule has 24 heavy (non-hydrogen) atoms. The number of nitrogens with zero attached hydrogens (tertiary/aromatic N) is 2. The quantitative estimate of drug-likeness (QED) is 0.903. The van der Waals surface area contributed by atoms with Crippen LogP contribution in [-0.2, 0) is 4.74 Å². The molecule has 6 heteroatoms. The second kappa shape index (κ2) is 7.49. The van der Waals surface area contributed by atoms with Gasteiger partial charge >= 0.3 is 6.03 Å². The van der Waals surface area contributed by atoms with E-state index in [2.05, 4.69) is 15.7 Å². The number of benzene rings is 1. The van der Waals surface area contributed by atoms with Crippen LogP contribution in [0.2, 0.25) is 0 Å². The van der Waals surface area contributed by atoms with Gasteiger partial charge in [-0.15, -0.1) is 0 Å². The molecule has 0 atom stereocenters. The average Bonchev–Trinajstić information content (AvgIpc) is 3.00. The minimum absolute atomic E-state index is 0.154. The zero-order valence-electron chi connectivity index (χ0n) is 14.2. The number of aromatic nitrogens is 2. The largest absolute Gasteiger partial charge is 0.381 e. The summed E-state index contributed by atoms with van der Waals surface area (Å²) >= 11 is 0. The number of nitrogens with one attached hydrogen (secondary N) is 2. The van der Waals surface area contributed by atoms with E-state index in [1.807, 2.05) is 54.9 Å². The van der Waals surface area contributed by atoms with Gasteiger partial charge < -0.3 is 10.1 Å². The highest BCUT2D eigenvalue weighted by molar-refractivity contribution is 5.89. The lowest BCUT2D eigenvalue weighted by atomic mass is 10.1. The summed E-state index contributed by atoms with van der Waals surface area (Å²) in [4.78, 5) is 12.3. The third kappa shape index (κ3) is 3.94. The van der Waals surface area contributed by atoms with Crippen LogP contribution < -0.4 is 10.6 Å². The standard InChI is InChI=1S/C18H24N4O2/c1-13(2)22-17(12-16(21-22)14-6-4-3-5-7-14)20-18(23)19-15-8-10-24-11-9-15/h3-7,12-13,15H,8-11H2,1-2H3,(H2,19,20,23). The molecule has 2 aromatic rings. The molecule has 1 aromatic carbocycles.